The summed E-state index contributed by atoms with van der Waals surface area (Å²) in [6.07, 6.45) is 3.56. The second-order valence-electron chi connectivity index (χ2n) is 5.48. The molecule has 0 aromatic heterocycles. The normalized spacial score (nSPS) is 20.6. The van der Waals surface area contributed by atoms with Gasteiger partial charge in [0, 0.05) is 30.3 Å². The van der Waals surface area contributed by atoms with E-state index in [0.29, 0.717) is 12.5 Å². The van der Waals surface area contributed by atoms with Gasteiger partial charge in [-0.2, -0.15) is 0 Å². The van der Waals surface area contributed by atoms with Crippen molar-refractivity contribution in [3.05, 3.63) is 29.8 Å². The Bertz CT molecular complexity index is 364. The summed E-state index contributed by atoms with van der Waals surface area (Å²) in [7, 11) is 0. The number of benzene rings is 1. The van der Waals surface area contributed by atoms with Gasteiger partial charge in [0.1, 0.15) is 0 Å². The number of thioether (sulfide) groups is 1. The van der Waals surface area contributed by atoms with Crippen LogP contribution in [0.4, 0.5) is 0 Å². The summed E-state index contributed by atoms with van der Waals surface area (Å²) in [6.45, 7) is 6.05. The summed E-state index contributed by atoms with van der Waals surface area (Å²) in [6, 6.07) is 8.79. The Morgan fingerprint density at radius 2 is 2.11 bits per heavy atom. The zero-order valence-corrected chi connectivity index (χ0v) is 12.7. The minimum absolute atomic E-state index is 0.344. The molecule has 0 amide bonds. The molecule has 1 aliphatic rings. The molecule has 1 aromatic rings. The third-order valence-corrected chi connectivity index (χ3v) is 4.83. The van der Waals surface area contributed by atoms with Crippen LogP contribution in [0.1, 0.15) is 24.8 Å². The summed E-state index contributed by atoms with van der Waals surface area (Å²) < 4.78 is 0. The van der Waals surface area contributed by atoms with Gasteiger partial charge in [-0.25, -0.2) is 0 Å². The molecule has 0 spiro atoms. The highest BCUT2D eigenvalue weighted by Crippen LogP contribution is 2.22. The van der Waals surface area contributed by atoms with Crippen LogP contribution in [-0.4, -0.2) is 42.0 Å². The predicted octanol–water partition coefficient (Wildman–Crippen LogP) is 3.18. The molecule has 0 aliphatic carbocycles. The van der Waals surface area contributed by atoms with Gasteiger partial charge in [0.05, 0.1) is 0 Å². The minimum Gasteiger partial charge on any atom is -0.396 e. The first-order valence-electron chi connectivity index (χ1n) is 7.30. The average molecular weight is 279 g/mol. The van der Waals surface area contributed by atoms with Crippen LogP contribution in [0.5, 0.6) is 0 Å². The molecule has 1 N–H and O–H groups in total. The molecule has 1 fully saturated rings. The van der Waals surface area contributed by atoms with E-state index in [2.05, 4.69) is 36.1 Å². The summed E-state index contributed by atoms with van der Waals surface area (Å²) in [5.74, 6) is 1.87. The Hall–Kier alpha value is -0.510. The van der Waals surface area contributed by atoms with Crippen LogP contribution in [0, 0.1) is 12.8 Å². The molecular weight excluding hydrogens is 254 g/mol. The van der Waals surface area contributed by atoms with Crippen LogP contribution in [-0.2, 0) is 0 Å². The Labute approximate surface area is 121 Å². The van der Waals surface area contributed by atoms with E-state index in [0.717, 1.165) is 12.2 Å². The maximum Gasteiger partial charge on any atom is 0.0434 e. The zero-order chi connectivity index (χ0) is 13.5. The van der Waals surface area contributed by atoms with Gasteiger partial charge in [0.15, 0.2) is 0 Å². The third kappa shape index (κ3) is 5.17. The van der Waals surface area contributed by atoms with Gasteiger partial charge in [-0.15, -0.1) is 11.8 Å². The lowest BCUT2D eigenvalue weighted by Gasteiger charge is -2.32. The second kappa shape index (κ2) is 7.93. The van der Waals surface area contributed by atoms with E-state index in [4.69, 9.17) is 5.11 Å². The molecule has 19 heavy (non-hydrogen) atoms. The van der Waals surface area contributed by atoms with E-state index in [1.165, 1.54) is 42.9 Å². The van der Waals surface area contributed by atoms with Gasteiger partial charge in [0.25, 0.3) is 0 Å². The Balaban J connectivity index is 1.69. The molecule has 1 heterocycles. The van der Waals surface area contributed by atoms with Crippen molar-refractivity contribution in [2.24, 2.45) is 5.92 Å². The van der Waals surface area contributed by atoms with E-state index < -0.39 is 0 Å². The molecule has 2 rings (SSSR count). The molecule has 0 bridgehead atoms. The molecule has 106 valence electrons. The quantitative estimate of drug-likeness (QED) is 0.809. The molecule has 1 saturated heterocycles. The Morgan fingerprint density at radius 1 is 1.32 bits per heavy atom. The number of aliphatic hydroxyl groups is 1. The standard InChI is InChI=1S/C16H25NOS/c1-14-4-6-16(7-5-14)19-12-10-17-9-2-3-15(13-17)8-11-18/h4-7,15,18H,2-3,8-13H2,1H3. The van der Waals surface area contributed by atoms with Gasteiger partial charge in [-0.05, 0) is 50.8 Å². The summed E-state index contributed by atoms with van der Waals surface area (Å²) in [4.78, 5) is 3.93. The molecular formula is C16H25NOS. The molecule has 3 heteroatoms. The first-order chi connectivity index (χ1) is 9.28. The van der Waals surface area contributed by atoms with Crippen molar-refractivity contribution in [2.45, 2.75) is 31.1 Å². The van der Waals surface area contributed by atoms with Crippen LogP contribution >= 0.6 is 11.8 Å². The lowest BCUT2D eigenvalue weighted by molar-refractivity contribution is 0.154. The number of hydrogen-bond donors (Lipinski definition) is 1. The first kappa shape index (κ1) is 14.9. The van der Waals surface area contributed by atoms with Crippen molar-refractivity contribution >= 4 is 11.8 Å². The number of piperidine rings is 1. The van der Waals surface area contributed by atoms with Gasteiger partial charge >= 0.3 is 0 Å². The fourth-order valence-electron chi connectivity index (χ4n) is 2.70. The highest BCUT2D eigenvalue weighted by atomic mass is 32.2. The topological polar surface area (TPSA) is 23.5 Å². The van der Waals surface area contributed by atoms with Crippen molar-refractivity contribution in [2.75, 3.05) is 32.0 Å². The van der Waals surface area contributed by atoms with Crippen LogP contribution < -0.4 is 0 Å². The summed E-state index contributed by atoms with van der Waals surface area (Å²) in [5.41, 5.74) is 1.33. The predicted molar refractivity (Wildman–Crippen MR) is 82.8 cm³/mol. The van der Waals surface area contributed by atoms with E-state index in [1.54, 1.807) is 0 Å². The van der Waals surface area contributed by atoms with Gasteiger partial charge in [-0.3, -0.25) is 0 Å². The smallest absolute Gasteiger partial charge is 0.0434 e. The maximum absolute atomic E-state index is 9.03. The van der Waals surface area contributed by atoms with Gasteiger partial charge in [0.2, 0.25) is 0 Å². The van der Waals surface area contributed by atoms with Crippen molar-refractivity contribution in [3.8, 4) is 0 Å². The second-order valence-corrected chi connectivity index (χ2v) is 6.65. The van der Waals surface area contributed by atoms with Crippen LogP contribution in [0.3, 0.4) is 0 Å². The van der Waals surface area contributed by atoms with Crippen molar-refractivity contribution in [1.29, 1.82) is 0 Å². The Kier molecular flexibility index (Phi) is 6.21. The number of rotatable bonds is 6. The summed E-state index contributed by atoms with van der Waals surface area (Å²) >= 11 is 1.95. The van der Waals surface area contributed by atoms with Crippen LogP contribution in [0.25, 0.3) is 0 Å². The van der Waals surface area contributed by atoms with Crippen molar-refractivity contribution in [1.82, 2.24) is 4.90 Å². The van der Waals surface area contributed by atoms with E-state index in [9.17, 15) is 0 Å². The maximum atomic E-state index is 9.03. The van der Waals surface area contributed by atoms with Crippen molar-refractivity contribution in [3.63, 3.8) is 0 Å². The molecule has 2 nitrogen and oxygen atoms in total. The summed E-state index contributed by atoms with van der Waals surface area (Å²) in [5, 5.41) is 9.03. The molecule has 0 saturated carbocycles. The van der Waals surface area contributed by atoms with E-state index in [1.807, 2.05) is 11.8 Å². The van der Waals surface area contributed by atoms with E-state index in [-0.39, 0.29) is 0 Å². The molecule has 1 atom stereocenters. The lowest BCUT2D eigenvalue weighted by atomic mass is 9.95. The minimum atomic E-state index is 0.344. The zero-order valence-electron chi connectivity index (χ0n) is 11.8. The fraction of sp³-hybridized carbons (Fsp3) is 0.625. The first-order valence-corrected chi connectivity index (χ1v) is 8.29. The monoisotopic (exact) mass is 279 g/mol. The Morgan fingerprint density at radius 3 is 2.84 bits per heavy atom. The van der Waals surface area contributed by atoms with Crippen molar-refractivity contribution < 1.29 is 5.11 Å². The largest absolute Gasteiger partial charge is 0.396 e. The van der Waals surface area contributed by atoms with Gasteiger partial charge < -0.3 is 10.0 Å². The molecule has 1 unspecified atom stereocenters. The highest BCUT2D eigenvalue weighted by molar-refractivity contribution is 7.99. The number of aryl methyl sites for hydroxylation is 1. The number of nitrogens with zero attached hydrogens (tertiary/aromatic N) is 1. The van der Waals surface area contributed by atoms with Gasteiger partial charge in [-0.1, -0.05) is 17.7 Å². The van der Waals surface area contributed by atoms with Crippen LogP contribution in [0.15, 0.2) is 29.2 Å². The molecule has 1 aliphatic heterocycles. The number of aliphatic hydroxyl groups excluding tert-OH is 1. The fourth-order valence-corrected chi connectivity index (χ4v) is 3.61. The molecule has 0 radical (unpaired) electrons. The third-order valence-electron chi connectivity index (χ3n) is 3.84. The number of hydrogen-bond acceptors (Lipinski definition) is 3. The molecule has 1 aromatic carbocycles. The van der Waals surface area contributed by atoms with E-state index >= 15 is 0 Å². The highest BCUT2D eigenvalue weighted by Gasteiger charge is 2.18. The average Bonchev–Trinajstić information content (AvgIpc) is 2.42. The number of likely N-dealkylation sites (tertiary alicyclic amines) is 1. The SMILES string of the molecule is Cc1ccc(SCCN2CCCC(CCO)C2)cc1. The lowest BCUT2D eigenvalue weighted by Crippen LogP contribution is -2.37. The van der Waals surface area contributed by atoms with Crippen LogP contribution in [0.2, 0.25) is 0 Å².